The largest absolute Gasteiger partial charge is 0.366 e. The fraction of sp³-hybridized carbons (Fsp3) is 0.562. The lowest BCUT2D eigenvalue weighted by Gasteiger charge is -2.40. The van der Waals surface area contributed by atoms with Gasteiger partial charge in [-0.2, -0.15) is 0 Å². The molecule has 0 saturated carbocycles. The van der Waals surface area contributed by atoms with E-state index in [0.29, 0.717) is 6.04 Å². The van der Waals surface area contributed by atoms with Gasteiger partial charge < -0.3 is 10.2 Å². The number of piperazine rings is 1. The predicted octanol–water partition coefficient (Wildman–Crippen LogP) is 2.79. The molecule has 0 aliphatic carbocycles. The Morgan fingerprint density at radius 3 is 2.38 bits per heavy atom. The Hall–Kier alpha value is -1.20. The predicted molar refractivity (Wildman–Crippen MR) is 88.9 cm³/mol. The molecule has 1 aliphatic heterocycles. The highest BCUT2D eigenvalue weighted by Gasteiger charge is 2.25. The fourth-order valence-corrected chi connectivity index (χ4v) is 3.10. The van der Waals surface area contributed by atoms with Crippen molar-refractivity contribution in [3.63, 3.8) is 0 Å². The van der Waals surface area contributed by atoms with E-state index in [1.807, 2.05) is 19.2 Å². The lowest BCUT2D eigenvalue weighted by atomic mass is 10.00. The molecule has 0 bridgehead atoms. The number of nitrogens with one attached hydrogen (secondary N) is 1. The van der Waals surface area contributed by atoms with Crippen molar-refractivity contribution < 1.29 is 4.39 Å². The van der Waals surface area contributed by atoms with Crippen LogP contribution in [0.15, 0.2) is 24.3 Å². The smallest absolute Gasteiger partial charge is 0.168 e. The van der Waals surface area contributed by atoms with Gasteiger partial charge in [0.15, 0.2) is 5.11 Å². The second-order valence-electron chi connectivity index (χ2n) is 5.43. The summed E-state index contributed by atoms with van der Waals surface area (Å²) in [5, 5.41) is 3.86. The first-order valence-electron chi connectivity index (χ1n) is 7.62. The van der Waals surface area contributed by atoms with Gasteiger partial charge in [0.25, 0.3) is 0 Å². The molecule has 0 spiro atoms. The summed E-state index contributed by atoms with van der Waals surface area (Å²) in [5.74, 6) is -0.168. The summed E-state index contributed by atoms with van der Waals surface area (Å²) < 4.78 is 13.1. The molecule has 2 rings (SSSR count). The lowest BCUT2D eigenvalue weighted by Crippen LogP contribution is -2.51. The summed E-state index contributed by atoms with van der Waals surface area (Å²) in [4.78, 5) is 4.70. The van der Waals surface area contributed by atoms with E-state index in [9.17, 15) is 4.39 Å². The zero-order valence-electron chi connectivity index (χ0n) is 12.8. The van der Waals surface area contributed by atoms with E-state index in [0.717, 1.165) is 44.1 Å². The van der Waals surface area contributed by atoms with Gasteiger partial charge in [-0.3, -0.25) is 4.90 Å². The third kappa shape index (κ3) is 4.14. The zero-order chi connectivity index (χ0) is 15.2. The van der Waals surface area contributed by atoms with Crippen LogP contribution in [0.4, 0.5) is 4.39 Å². The molecule has 1 fully saturated rings. The average Bonchev–Trinajstić information content (AvgIpc) is 2.53. The Kier molecular flexibility index (Phi) is 5.94. The summed E-state index contributed by atoms with van der Waals surface area (Å²) >= 11 is 5.29. The van der Waals surface area contributed by atoms with E-state index < -0.39 is 0 Å². The lowest BCUT2D eigenvalue weighted by molar-refractivity contribution is 0.125. The Balaban J connectivity index is 2.03. The van der Waals surface area contributed by atoms with E-state index in [1.54, 1.807) is 12.1 Å². The van der Waals surface area contributed by atoms with E-state index in [1.165, 1.54) is 5.56 Å². The molecule has 21 heavy (non-hydrogen) atoms. The van der Waals surface area contributed by atoms with Gasteiger partial charge in [0.1, 0.15) is 5.82 Å². The van der Waals surface area contributed by atoms with Gasteiger partial charge in [-0.1, -0.05) is 25.5 Å². The van der Waals surface area contributed by atoms with Crippen molar-refractivity contribution in [1.29, 1.82) is 0 Å². The summed E-state index contributed by atoms with van der Waals surface area (Å²) in [7, 11) is 1.87. The van der Waals surface area contributed by atoms with E-state index in [2.05, 4.69) is 22.0 Å². The first-order valence-corrected chi connectivity index (χ1v) is 8.02. The van der Waals surface area contributed by atoms with Gasteiger partial charge in [-0.05, 0) is 36.3 Å². The van der Waals surface area contributed by atoms with Crippen LogP contribution in [-0.4, -0.2) is 48.1 Å². The maximum absolute atomic E-state index is 13.1. The van der Waals surface area contributed by atoms with Gasteiger partial charge in [0.2, 0.25) is 0 Å². The zero-order valence-corrected chi connectivity index (χ0v) is 13.6. The van der Waals surface area contributed by atoms with Crippen molar-refractivity contribution in [1.82, 2.24) is 15.1 Å². The van der Waals surface area contributed by atoms with Crippen molar-refractivity contribution >= 4 is 17.3 Å². The topological polar surface area (TPSA) is 18.5 Å². The molecule has 1 saturated heterocycles. The Bertz CT molecular complexity index is 455. The molecule has 1 unspecified atom stereocenters. The fourth-order valence-electron chi connectivity index (χ4n) is 2.91. The van der Waals surface area contributed by atoms with Crippen LogP contribution in [0.3, 0.4) is 0 Å². The van der Waals surface area contributed by atoms with Crippen LogP contribution in [0.25, 0.3) is 0 Å². The van der Waals surface area contributed by atoms with Gasteiger partial charge in [-0.15, -0.1) is 0 Å². The molecule has 0 aromatic heterocycles. The van der Waals surface area contributed by atoms with Crippen LogP contribution in [0.2, 0.25) is 0 Å². The number of rotatable bonds is 4. The molecule has 1 aromatic carbocycles. The monoisotopic (exact) mass is 309 g/mol. The van der Waals surface area contributed by atoms with E-state index in [4.69, 9.17) is 12.2 Å². The van der Waals surface area contributed by atoms with Gasteiger partial charge in [-0.25, -0.2) is 4.39 Å². The standard InChI is InChI=1S/C16H24FN3S/c1-3-4-15(13-5-7-14(17)8-6-13)19-9-11-20(12-10-19)16(21)18-2/h5-8,15H,3-4,9-12H2,1-2H3,(H,18,21). The molecule has 116 valence electrons. The second kappa shape index (κ2) is 7.71. The molecule has 1 aliphatic rings. The molecule has 3 nitrogen and oxygen atoms in total. The molecular weight excluding hydrogens is 285 g/mol. The molecule has 1 atom stereocenters. The highest BCUT2D eigenvalue weighted by atomic mass is 32.1. The number of halogens is 1. The highest BCUT2D eigenvalue weighted by molar-refractivity contribution is 7.80. The number of nitrogens with zero attached hydrogens (tertiary/aromatic N) is 2. The average molecular weight is 309 g/mol. The summed E-state index contributed by atoms with van der Waals surface area (Å²) in [6.45, 7) is 6.07. The molecular formula is C16H24FN3S. The molecule has 1 heterocycles. The molecule has 1 N–H and O–H groups in total. The summed E-state index contributed by atoms with van der Waals surface area (Å²) in [5.41, 5.74) is 1.21. The number of hydrogen-bond donors (Lipinski definition) is 1. The van der Waals surface area contributed by atoms with Crippen molar-refractivity contribution in [2.45, 2.75) is 25.8 Å². The van der Waals surface area contributed by atoms with Gasteiger partial charge in [0, 0.05) is 39.3 Å². The van der Waals surface area contributed by atoms with Crippen LogP contribution in [-0.2, 0) is 0 Å². The number of hydrogen-bond acceptors (Lipinski definition) is 2. The van der Waals surface area contributed by atoms with Crippen molar-refractivity contribution in [2.75, 3.05) is 33.2 Å². The normalized spacial score (nSPS) is 17.6. The molecule has 5 heteroatoms. The summed E-state index contributed by atoms with van der Waals surface area (Å²) in [6.07, 6.45) is 2.22. The van der Waals surface area contributed by atoms with Crippen LogP contribution < -0.4 is 5.32 Å². The quantitative estimate of drug-likeness (QED) is 0.862. The Labute approximate surface area is 132 Å². The third-order valence-corrected chi connectivity index (χ3v) is 4.54. The van der Waals surface area contributed by atoms with Crippen molar-refractivity contribution in [3.8, 4) is 0 Å². The first-order chi connectivity index (χ1) is 10.2. The van der Waals surface area contributed by atoms with Crippen LogP contribution in [0.1, 0.15) is 31.4 Å². The van der Waals surface area contributed by atoms with E-state index in [-0.39, 0.29) is 5.82 Å². The van der Waals surface area contributed by atoms with Crippen molar-refractivity contribution in [3.05, 3.63) is 35.6 Å². The van der Waals surface area contributed by atoms with E-state index >= 15 is 0 Å². The molecule has 1 aromatic rings. The minimum Gasteiger partial charge on any atom is -0.366 e. The second-order valence-corrected chi connectivity index (χ2v) is 5.82. The van der Waals surface area contributed by atoms with Gasteiger partial charge >= 0.3 is 0 Å². The minimum atomic E-state index is -0.168. The van der Waals surface area contributed by atoms with Crippen molar-refractivity contribution in [2.24, 2.45) is 0 Å². The number of benzene rings is 1. The molecule has 0 radical (unpaired) electrons. The third-order valence-electron chi connectivity index (χ3n) is 4.07. The maximum Gasteiger partial charge on any atom is 0.168 e. The summed E-state index contributed by atoms with van der Waals surface area (Å²) in [6, 6.07) is 7.33. The highest BCUT2D eigenvalue weighted by Crippen LogP contribution is 2.27. The SMILES string of the molecule is CCCC(c1ccc(F)cc1)N1CCN(C(=S)NC)CC1. The Morgan fingerprint density at radius 2 is 1.86 bits per heavy atom. The maximum atomic E-state index is 13.1. The van der Waals surface area contributed by atoms with Crippen LogP contribution in [0, 0.1) is 5.82 Å². The first kappa shape index (κ1) is 16.2. The number of thiocarbonyl (C=S) groups is 1. The minimum absolute atomic E-state index is 0.168. The Morgan fingerprint density at radius 1 is 1.24 bits per heavy atom. The van der Waals surface area contributed by atoms with Gasteiger partial charge in [0.05, 0.1) is 0 Å². The van der Waals surface area contributed by atoms with Crippen LogP contribution >= 0.6 is 12.2 Å². The molecule has 0 amide bonds. The van der Waals surface area contributed by atoms with Crippen LogP contribution in [0.5, 0.6) is 0 Å².